The number of aromatic nitrogens is 1. The molecule has 3 aliphatic rings. The van der Waals surface area contributed by atoms with E-state index in [1.807, 2.05) is 6.92 Å². The van der Waals surface area contributed by atoms with Crippen LogP contribution in [0.5, 0.6) is 5.75 Å². The number of carbonyl (C=O) groups is 3. The number of piperazine rings is 1. The standard InChI is InChI=1S/C35H44FN3O11P2/c1-19(2)34(44)50-27-10-9-22(51(45)18-52(46,47)48)13-25(27)35(4,5)15-28(40)38-12-11-37(16-20(38)3)30-26(36)14-23-29(32(30)49-6)39(21-7-8-21)17-24(31(23)41)33(42)43/h10,13-14,17,19-21H,7-9,11-12,15-16,18H2,1-6H3,(H,42,43)(H2,46,47,48). The highest BCUT2D eigenvalue weighted by Crippen LogP contribution is 2.47. The van der Waals surface area contributed by atoms with Crippen LogP contribution in [0.4, 0.5) is 10.1 Å². The smallest absolute Gasteiger partial charge is 0.369 e. The first-order chi connectivity index (χ1) is 24.2. The molecule has 1 saturated carbocycles. The van der Waals surface area contributed by atoms with Gasteiger partial charge in [-0.05, 0) is 38.0 Å². The predicted octanol–water partition coefficient (Wildman–Crippen LogP) is 4.11. The number of carbonyl (C=O) groups excluding carboxylic acids is 2. The molecule has 2 aromatic rings. The molecular weight excluding hydrogens is 719 g/mol. The van der Waals surface area contributed by atoms with Crippen LogP contribution >= 0.6 is 15.4 Å². The average Bonchev–Trinajstić information content (AvgIpc) is 3.89. The monoisotopic (exact) mass is 763 g/mol. The number of ether oxygens (including phenoxy) is 2. The van der Waals surface area contributed by atoms with Gasteiger partial charge in [-0.1, -0.05) is 27.7 Å². The molecule has 2 fully saturated rings. The molecule has 2 aliphatic carbocycles. The van der Waals surface area contributed by atoms with Crippen molar-refractivity contribution in [2.45, 2.75) is 72.4 Å². The summed E-state index contributed by atoms with van der Waals surface area (Å²) in [5.74, 6) is -3.93. The molecule has 14 nitrogen and oxygen atoms in total. The van der Waals surface area contributed by atoms with E-state index < -0.39 is 67.4 Å². The van der Waals surface area contributed by atoms with E-state index in [1.165, 1.54) is 19.4 Å². The fourth-order valence-electron chi connectivity index (χ4n) is 6.72. The summed E-state index contributed by atoms with van der Waals surface area (Å²) in [5.41, 5.74) is -1.44. The molecule has 2 unspecified atom stereocenters. The zero-order chi connectivity index (χ0) is 38.4. The van der Waals surface area contributed by atoms with Crippen LogP contribution in [0.15, 0.2) is 40.5 Å². The van der Waals surface area contributed by atoms with Gasteiger partial charge < -0.3 is 43.6 Å². The molecule has 282 valence electrons. The molecule has 2 atom stereocenters. The number of carboxylic acid groups (broad SMARTS) is 1. The number of benzene rings is 1. The second-order valence-electron chi connectivity index (χ2n) is 14.5. The number of aromatic carboxylic acids is 1. The van der Waals surface area contributed by atoms with Crippen molar-refractivity contribution in [1.82, 2.24) is 9.47 Å². The van der Waals surface area contributed by atoms with Gasteiger partial charge in [-0.15, -0.1) is 0 Å². The van der Waals surface area contributed by atoms with Gasteiger partial charge in [-0.3, -0.25) is 18.9 Å². The highest BCUT2D eigenvalue weighted by Gasteiger charge is 2.39. The third-order valence-corrected chi connectivity index (χ3v) is 13.0. The molecule has 1 aromatic carbocycles. The van der Waals surface area contributed by atoms with Crippen LogP contribution in [0.2, 0.25) is 0 Å². The Morgan fingerprint density at radius 2 is 1.87 bits per heavy atom. The van der Waals surface area contributed by atoms with E-state index in [0.29, 0.717) is 11.1 Å². The van der Waals surface area contributed by atoms with Crippen molar-refractivity contribution in [3.63, 3.8) is 0 Å². The van der Waals surface area contributed by atoms with Crippen LogP contribution < -0.4 is 20.0 Å². The van der Waals surface area contributed by atoms with Crippen LogP contribution in [0.3, 0.4) is 0 Å². The fraction of sp³-hybridized carbons (Fsp3) is 0.514. The molecule has 3 N–H and O–H groups in total. The number of hydrogen-bond donors (Lipinski definition) is 3. The van der Waals surface area contributed by atoms with Crippen LogP contribution in [0.25, 0.3) is 10.9 Å². The maximum atomic E-state index is 16.0. The summed E-state index contributed by atoms with van der Waals surface area (Å²) in [6.45, 7) is 9.27. The third-order valence-electron chi connectivity index (χ3n) is 9.55. The van der Waals surface area contributed by atoms with Gasteiger partial charge in [-0.2, -0.15) is 0 Å². The molecule has 1 saturated heterocycles. The largest absolute Gasteiger partial charge is 0.630 e. The maximum Gasteiger partial charge on any atom is 0.369 e. The van der Waals surface area contributed by atoms with Gasteiger partial charge in [0.15, 0.2) is 11.6 Å². The number of hydrogen-bond acceptors (Lipinski definition) is 9. The van der Waals surface area contributed by atoms with Gasteiger partial charge in [0.25, 0.3) is 0 Å². The van der Waals surface area contributed by atoms with Crippen LogP contribution in [-0.4, -0.2) is 86.2 Å². The first-order valence-electron chi connectivity index (χ1n) is 17.0. The molecule has 1 amide bonds. The first-order valence-corrected chi connectivity index (χ1v) is 20.2. The van der Waals surface area contributed by atoms with Gasteiger partial charge in [0.1, 0.15) is 22.3 Å². The van der Waals surface area contributed by atoms with Gasteiger partial charge in [0.2, 0.25) is 17.2 Å². The normalized spacial score (nSPS) is 19.4. The zero-order valence-electron chi connectivity index (χ0n) is 29.9. The number of halogens is 1. The molecule has 5 rings (SSSR count). The van der Waals surface area contributed by atoms with Gasteiger partial charge in [0.05, 0.1) is 31.7 Å². The Bertz CT molecular complexity index is 2030. The molecule has 0 bridgehead atoms. The van der Waals surface area contributed by atoms with E-state index in [0.717, 1.165) is 18.9 Å². The predicted molar refractivity (Wildman–Crippen MR) is 192 cm³/mol. The Kier molecular flexibility index (Phi) is 11.2. The number of esters is 1. The van der Waals surface area contributed by atoms with Gasteiger partial charge >= 0.3 is 19.5 Å². The number of fused-ring (bicyclic) bond motifs is 1. The average molecular weight is 764 g/mol. The number of rotatable bonds is 11. The van der Waals surface area contributed by atoms with E-state index in [9.17, 15) is 43.5 Å². The van der Waals surface area contributed by atoms with Crippen molar-refractivity contribution in [2.75, 3.05) is 37.5 Å². The first kappa shape index (κ1) is 39.3. The van der Waals surface area contributed by atoms with Crippen LogP contribution in [0.1, 0.15) is 76.7 Å². The second kappa shape index (κ2) is 14.9. The molecule has 0 radical (unpaired) electrons. The summed E-state index contributed by atoms with van der Waals surface area (Å²) in [6.07, 6.45) is 5.85. The topological polar surface area (TPSA) is 199 Å². The van der Waals surface area contributed by atoms with Crippen molar-refractivity contribution in [1.29, 1.82) is 0 Å². The SMILES string of the molecule is COc1c(N2CCN(C(=O)CC(C)(C)C3=C/C(=[P+](\[O-])CP(=O)(O)O)CC=C3OC(=O)C(C)C)C(C)C2)c(F)cc2c(=O)c(C(=O)O)cn(C3CC3)c12. The highest BCUT2D eigenvalue weighted by molar-refractivity contribution is 7.69. The van der Waals surface area contributed by atoms with E-state index in [2.05, 4.69) is 0 Å². The number of pyridine rings is 1. The number of anilines is 1. The third kappa shape index (κ3) is 8.19. The van der Waals surface area contributed by atoms with Gasteiger partial charge in [0, 0.05) is 61.7 Å². The minimum atomic E-state index is -4.58. The lowest BCUT2D eigenvalue weighted by atomic mass is 9.77. The van der Waals surface area contributed by atoms with E-state index in [1.54, 1.807) is 48.1 Å². The fourth-order valence-corrected chi connectivity index (χ4v) is 9.35. The molecule has 2 heterocycles. The van der Waals surface area contributed by atoms with Crippen molar-refractivity contribution in [3.8, 4) is 5.75 Å². The minimum absolute atomic E-state index is 0.0503. The molecule has 17 heteroatoms. The zero-order valence-corrected chi connectivity index (χ0v) is 31.7. The number of methoxy groups -OCH3 is 1. The lowest BCUT2D eigenvalue weighted by Gasteiger charge is -2.42. The number of nitrogens with zero attached hydrogens (tertiary/aromatic N) is 3. The molecule has 0 spiro atoms. The number of amides is 1. The van der Waals surface area contributed by atoms with Gasteiger partial charge in [-0.25, -0.2) is 9.18 Å². The molecule has 1 aromatic heterocycles. The van der Waals surface area contributed by atoms with E-state index in [-0.39, 0.29) is 72.3 Å². The Balaban J connectivity index is 1.42. The van der Waals surface area contributed by atoms with Crippen molar-refractivity contribution < 1.29 is 52.6 Å². The van der Waals surface area contributed by atoms with Crippen molar-refractivity contribution in [2.24, 2.45) is 11.3 Å². The summed E-state index contributed by atoms with van der Waals surface area (Å²) in [7, 11) is -5.67. The lowest BCUT2D eigenvalue weighted by Crippen LogP contribution is -2.55. The molecular formula is C35H44FN3O11P2. The Labute approximate surface area is 301 Å². The van der Waals surface area contributed by atoms with Crippen molar-refractivity contribution in [3.05, 3.63) is 57.4 Å². The summed E-state index contributed by atoms with van der Waals surface area (Å²) in [4.78, 5) is 86.7. The van der Waals surface area contributed by atoms with Crippen LogP contribution in [0, 0.1) is 17.2 Å². The highest BCUT2D eigenvalue weighted by atomic mass is 31.2. The Morgan fingerprint density at radius 3 is 2.42 bits per heavy atom. The summed E-state index contributed by atoms with van der Waals surface area (Å²) >= 11 is 0. The van der Waals surface area contributed by atoms with E-state index in [4.69, 9.17) is 9.47 Å². The lowest BCUT2D eigenvalue weighted by molar-refractivity contribution is -0.152. The van der Waals surface area contributed by atoms with E-state index >= 15 is 4.39 Å². The summed E-state index contributed by atoms with van der Waals surface area (Å²) < 4.78 is 40.6. The minimum Gasteiger partial charge on any atom is -0.630 e. The Morgan fingerprint density at radius 1 is 1.19 bits per heavy atom. The maximum absolute atomic E-state index is 16.0. The second-order valence-corrected chi connectivity index (χ2v) is 18.3. The number of allylic oxidation sites excluding steroid dienone is 3. The van der Waals surface area contributed by atoms with Crippen molar-refractivity contribution >= 4 is 55.1 Å². The number of carboxylic acids is 1. The summed E-state index contributed by atoms with van der Waals surface area (Å²) in [5, 5.41) is 9.81. The quantitative estimate of drug-likeness (QED) is 0.219. The Hall–Kier alpha value is -3.87. The molecule has 52 heavy (non-hydrogen) atoms. The molecule has 1 aliphatic heterocycles. The summed E-state index contributed by atoms with van der Waals surface area (Å²) in [6, 6.07) is 0.569. The van der Waals surface area contributed by atoms with Crippen LogP contribution in [-0.2, 0) is 18.9 Å².